The van der Waals surface area contributed by atoms with Crippen molar-refractivity contribution < 1.29 is 9.53 Å². The Balaban J connectivity index is 1.71. The molecule has 0 aliphatic carbocycles. The Morgan fingerprint density at radius 3 is 2.50 bits per heavy atom. The van der Waals surface area contributed by atoms with Crippen molar-refractivity contribution in [2.24, 2.45) is 0 Å². The van der Waals surface area contributed by atoms with Gasteiger partial charge in [0.25, 0.3) is 5.91 Å². The largest absolute Gasteiger partial charge is 0.383 e. The smallest absolute Gasteiger partial charge is 0.274 e. The second-order valence-electron chi connectivity index (χ2n) is 7.76. The van der Waals surface area contributed by atoms with E-state index in [1.165, 1.54) is 6.42 Å². The number of methoxy groups -OCH3 is 1. The molecule has 2 heterocycles. The lowest BCUT2D eigenvalue weighted by molar-refractivity contribution is 0.0674. The molecule has 0 atom stereocenters. The van der Waals surface area contributed by atoms with E-state index in [9.17, 15) is 4.79 Å². The summed E-state index contributed by atoms with van der Waals surface area (Å²) in [6.07, 6.45) is 4.29. The van der Waals surface area contributed by atoms with Crippen LogP contribution in [0.25, 0.3) is 11.4 Å². The van der Waals surface area contributed by atoms with Crippen LogP contribution in [0.15, 0.2) is 60.7 Å². The monoisotopic (exact) mass is 403 g/mol. The van der Waals surface area contributed by atoms with Gasteiger partial charge in [0.05, 0.1) is 12.3 Å². The number of aromatic nitrogens is 2. The van der Waals surface area contributed by atoms with Gasteiger partial charge in [0.2, 0.25) is 0 Å². The molecule has 1 amide bonds. The number of amides is 1. The quantitative estimate of drug-likeness (QED) is 0.581. The zero-order chi connectivity index (χ0) is 20.8. The van der Waals surface area contributed by atoms with E-state index in [0.29, 0.717) is 25.4 Å². The first-order valence-electron chi connectivity index (χ1n) is 10.7. The summed E-state index contributed by atoms with van der Waals surface area (Å²) >= 11 is 0. The van der Waals surface area contributed by atoms with Crippen molar-refractivity contribution in [1.82, 2.24) is 14.5 Å². The first-order chi connectivity index (χ1) is 14.8. The molecule has 1 aromatic heterocycles. The first kappa shape index (κ1) is 20.4. The predicted octanol–water partition coefficient (Wildman–Crippen LogP) is 4.57. The number of carbonyl (C=O) groups is 1. The minimum Gasteiger partial charge on any atom is -0.383 e. The molecule has 3 aromatic rings. The van der Waals surface area contributed by atoms with Gasteiger partial charge in [0.1, 0.15) is 11.5 Å². The summed E-state index contributed by atoms with van der Waals surface area (Å²) in [7, 11) is 1.67. The Hall–Kier alpha value is -2.92. The molecule has 0 radical (unpaired) electrons. The van der Waals surface area contributed by atoms with Crippen LogP contribution in [-0.4, -0.2) is 40.6 Å². The average Bonchev–Trinajstić information content (AvgIpc) is 2.98. The van der Waals surface area contributed by atoms with Gasteiger partial charge in [-0.05, 0) is 24.8 Å². The van der Waals surface area contributed by atoms with Crippen molar-refractivity contribution in [2.75, 3.05) is 20.3 Å². The summed E-state index contributed by atoms with van der Waals surface area (Å²) in [6.45, 7) is 2.50. The first-order valence-corrected chi connectivity index (χ1v) is 10.7. The molecule has 0 saturated carbocycles. The highest BCUT2D eigenvalue weighted by Gasteiger charge is 2.27. The summed E-state index contributed by atoms with van der Waals surface area (Å²) in [5.74, 6) is 0.894. The lowest BCUT2D eigenvalue weighted by atomic mass is 10.1. The van der Waals surface area contributed by atoms with Gasteiger partial charge in [-0.2, -0.15) is 0 Å². The van der Waals surface area contributed by atoms with Crippen LogP contribution in [0.3, 0.4) is 0 Å². The van der Waals surface area contributed by atoms with E-state index >= 15 is 0 Å². The van der Waals surface area contributed by atoms with Gasteiger partial charge < -0.3 is 14.2 Å². The molecule has 4 rings (SSSR count). The molecule has 0 fully saturated rings. The highest BCUT2D eigenvalue weighted by atomic mass is 16.5. The summed E-state index contributed by atoms with van der Waals surface area (Å²) in [5, 5.41) is 0. The van der Waals surface area contributed by atoms with Gasteiger partial charge in [0, 0.05) is 32.3 Å². The number of imidazole rings is 1. The maximum Gasteiger partial charge on any atom is 0.274 e. The van der Waals surface area contributed by atoms with Crippen LogP contribution in [0, 0.1) is 0 Å². The van der Waals surface area contributed by atoms with Crippen LogP contribution in [0.5, 0.6) is 0 Å². The second kappa shape index (κ2) is 9.72. The summed E-state index contributed by atoms with van der Waals surface area (Å²) in [5.41, 5.74) is 3.84. The molecule has 0 saturated heterocycles. The third-order valence-electron chi connectivity index (χ3n) is 5.67. The van der Waals surface area contributed by atoms with Gasteiger partial charge in [-0.1, -0.05) is 67.1 Å². The fraction of sp³-hybridized carbons (Fsp3) is 0.360. The van der Waals surface area contributed by atoms with Crippen molar-refractivity contribution in [3.8, 4) is 11.4 Å². The minimum atomic E-state index is -0.0104. The molecule has 2 aromatic carbocycles. The zero-order valence-electron chi connectivity index (χ0n) is 17.6. The van der Waals surface area contributed by atoms with E-state index in [4.69, 9.17) is 9.72 Å². The molecule has 0 spiro atoms. The second-order valence-corrected chi connectivity index (χ2v) is 7.76. The molecular weight excluding hydrogens is 374 g/mol. The van der Waals surface area contributed by atoms with E-state index in [2.05, 4.69) is 28.8 Å². The van der Waals surface area contributed by atoms with Crippen LogP contribution in [0.2, 0.25) is 0 Å². The molecule has 0 bridgehead atoms. The Kier molecular flexibility index (Phi) is 6.60. The molecule has 30 heavy (non-hydrogen) atoms. The lowest BCUT2D eigenvalue weighted by Gasteiger charge is -2.22. The van der Waals surface area contributed by atoms with Gasteiger partial charge in [-0.15, -0.1) is 0 Å². The number of ether oxygens (including phenoxy) is 1. The Bertz CT molecular complexity index is 967. The van der Waals surface area contributed by atoms with E-state index in [1.807, 2.05) is 41.3 Å². The number of nitrogens with zero attached hydrogens (tertiary/aromatic N) is 3. The van der Waals surface area contributed by atoms with Gasteiger partial charge in [0.15, 0.2) is 0 Å². The van der Waals surface area contributed by atoms with Crippen LogP contribution in [0.1, 0.15) is 41.0 Å². The Labute approximate surface area is 178 Å². The van der Waals surface area contributed by atoms with Crippen molar-refractivity contribution in [2.45, 2.75) is 38.8 Å². The number of fused-ring (bicyclic) bond motifs is 1. The minimum absolute atomic E-state index is 0.0104. The van der Waals surface area contributed by atoms with Crippen molar-refractivity contribution in [3.63, 3.8) is 0 Å². The lowest BCUT2D eigenvalue weighted by Crippen LogP contribution is -2.34. The fourth-order valence-electron chi connectivity index (χ4n) is 4.11. The molecular formula is C25H29N3O2. The highest BCUT2D eigenvalue weighted by Crippen LogP contribution is 2.28. The number of rotatable bonds is 7. The topological polar surface area (TPSA) is 47.4 Å². The predicted molar refractivity (Wildman–Crippen MR) is 118 cm³/mol. The average molecular weight is 404 g/mol. The summed E-state index contributed by atoms with van der Waals surface area (Å²) in [4.78, 5) is 20.4. The van der Waals surface area contributed by atoms with E-state index in [-0.39, 0.29) is 5.91 Å². The number of carbonyl (C=O) groups excluding carboxylic acids is 1. The molecule has 5 heteroatoms. The van der Waals surface area contributed by atoms with E-state index in [0.717, 1.165) is 48.5 Å². The van der Waals surface area contributed by atoms with Crippen LogP contribution < -0.4 is 0 Å². The molecule has 0 unspecified atom stereocenters. The SMILES string of the molecule is COCCN(Cc1ccccc1)C(=O)c1nc(-c2ccccc2)n2c1CCCCC2. The Morgan fingerprint density at radius 2 is 1.77 bits per heavy atom. The normalized spacial score (nSPS) is 13.5. The van der Waals surface area contributed by atoms with Crippen LogP contribution in [0.4, 0.5) is 0 Å². The number of hydrogen-bond acceptors (Lipinski definition) is 3. The fourth-order valence-corrected chi connectivity index (χ4v) is 4.11. The summed E-state index contributed by atoms with van der Waals surface area (Å²) in [6, 6.07) is 20.3. The molecule has 0 N–H and O–H groups in total. The molecule has 1 aliphatic heterocycles. The van der Waals surface area contributed by atoms with Crippen molar-refractivity contribution >= 4 is 5.91 Å². The maximum absolute atomic E-state index is 13.7. The zero-order valence-corrected chi connectivity index (χ0v) is 17.6. The van der Waals surface area contributed by atoms with Crippen molar-refractivity contribution in [1.29, 1.82) is 0 Å². The third-order valence-corrected chi connectivity index (χ3v) is 5.67. The van der Waals surface area contributed by atoms with Gasteiger partial charge in [-0.25, -0.2) is 4.98 Å². The maximum atomic E-state index is 13.7. The molecule has 5 nitrogen and oxygen atoms in total. The van der Waals surface area contributed by atoms with Crippen molar-refractivity contribution in [3.05, 3.63) is 77.6 Å². The standard InChI is InChI=1S/C25H29N3O2/c1-30-18-17-27(19-20-11-5-2-6-12-20)25(29)23-22-15-9-4-10-16-28(22)24(26-23)21-13-7-3-8-14-21/h2-3,5-8,11-14H,4,9-10,15-19H2,1H3. The van der Waals surface area contributed by atoms with Gasteiger partial charge >= 0.3 is 0 Å². The number of benzene rings is 2. The highest BCUT2D eigenvalue weighted by molar-refractivity contribution is 5.94. The van der Waals surface area contributed by atoms with E-state index in [1.54, 1.807) is 7.11 Å². The van der Waals surface area contributed by atoms with Gasteiger partial charge in [-0.3, -0.25) is 4.79 Å². The van der Waals surface area contributed by atoms with Crippen LogP contribution in [-0.2, 0) is 24.2 Å². The Morgan fingerprint density at radius 1 is 1.03 bits per heavy atom. The van der Waals surface area contributed by atoms with Crippen LogP contribution >= 0.6 is 0 Å². The molecule has 1 aliphatic rings. The molecule has 156 valence electrons. The van der Waals surface area contributed by atoms with E-state index < -0.39 is 0 Å². The number of hydrogen-bond donors (Lipinski definition) is 0. The summed E-state index contributed by atoms with van der Waals surface area (Å²) < 4.78 is 7.55. The third kappa shape index (κ3) is 4.46.